The normalized spacial score (nSPS) is 13.2. The Bertz CT molecular complexity index is 455. The van der Waals surface area contributed by atoms with E-state index in [1.54, 1.807) is 0 Å². The summed E-state index contributed by atoms with van der Waals surface area (Å²) in [5.74, 6) is 1.28. The Morgan fingerprint density at radius 1 is 1.36 bits per heavy atom. The molecule has 0 aromatic carbocycles. The molecule has 22 heavy (non-hydrogen) atoms. The molecule has 126 valence electrons. The van der Waals surface area contributed by atoms with E-state index in [-0.39, 0.29) is 0 Å². The van der Waals surface area contributed by atoms with Crippen LogP contribution in [0.1, 0.15) is 32.2 Å². The third kappa shape index (κ3) is 6.93. The summed E-state index contributed by atoms with van der Waals surface area (Å²) >= 11 is 0. The molecule has 0 saturated carbocycles. The molecular weight excluding hydrogens is 278 g/mol. The second kappa shape index (κ2) is 10.2. The van der Waals surface area contributed by atoms with Crippen molar-refractivity contribution in [3.8, 4) is 0 Å². The summed E-state index contributed by atoms with van der Waals surface area (Å²) in [5, 5.41) is 11.0. The van der Waals surface area contributed by atoms with Gasteiger partial charge in [0.1, 0.15) is 0 Å². The van der Waals surface area contributed by atoms with Gasteiger partial charge in [-0.05, 0) is 39.7 Å². The first-order chi connectivity index (χ1) is 10.6. The van der Waals surface area contributed by atoms with E-state index in [1.165, 1.54) is 5.69 Å². The second-order valence-electron chi connectivity index (χ2n) is 5.56. The number of ether oxygens (including phenoxy) is 1. The van der Waals surface area contributed by atoms with Crippen LogP contribution in [-0.4, -0.2) is 48.6 Å². The van der Waals surface area contributed by atoms with Gasteiger partial charge >= 0.3 is 0 Å². The van der Waals surface area contributed by atoms with Gasteiger partial charge < -0.3 is 15.4 Å². The highest BCUT2D eigenvalue weighted by atomic mass is 16.5. The highest BCUT2D eigenvalue weighted by Gasteiger charge is 2.07. The van der Waals surface area contributed by atoms with Gasteiger partial charge in [-0.25, -0.2) is 0 Å². The third-order valence-corrected chi connectivity index (χ3v) is 3.24. The van der Waals surface area contributed by atoms with E-state index >= 15 is 0 Å². The van der Waals surface area contributed by atoms with Crippen molar-refractivity contribution in [1.82, 2.24) is 20.4 Å². The molecule has 0 saturated heterocycles. The minimum Gasteiger partial charge on any atom is -0.380 e. The highest BCUT2D eigenvalue weighted by Crippen LogP contribution is 2.06. The van der Waals surface area contributed by atoms with E-state index in [4.69, 9.17) is 4.74 Å². The van der Waals surface area contributed by atoms with Crippen LogP contribution in [0.2, 0.25) is 0 Å². The van der Waals surface area contributed by atoms with Gasteiger partial charge in [0.25, 0.3) is 0 Å². The van der Waals surface area contributed by atoms with Gasteiger partial charge in [0.05, 0.1) is 12.3 Å². The van der Waals surface area contributed by atoms with Gasteiger partial charge in [-0.3, -0.25) is 9.67 Å². The fourth-order valence-corrected chi connectivity index (χ4v) is 2.19. The molecule has 2 N–H and O–H groups in total. The summed E-state index contributed by atoms with van der Waals surface area (Å²) in [7, 11) is 0. The second-order valence-corrected chi connectivity index (χ2v) is 5.56. The van der Waals surface area contributed by atoms with Crippen molar-refractivity contribution >= 4 is 5.96 Å². The molecule has 0 aliphatic heterocycles. The lowest BCUT2D eigenvalue weighted by Gasteiger charge is -2.14. The molecule has 1 unspecified atom stereocenters. The van der Waals surface area contributed by atoms with Gasteiger partial charge in [-0.1, -0.05) is 6.92 Å². The Labute approximate surface area is 134 Å². The van der Waals surface area contributed by atoms with Gasteiger partial charge in [0, 0.05) is 38.5 Å². The Balaban J connectivity index is 2.44. The number of nitrogens with zero attached hydrogens (tertiary/aromatic N) is 3. The van der Waals surface area contributed by atoms with Crippen LogP contribution in [0.15, 0.2) is 11.1 Å². The maximum atomic E-state index is 5.33. The van der Waals surface area contributed by atoms with Crippen LogP contribution in [0, 0.1) is 19.8 Å². The lowest BCUT2D eigenvalue weighted by Crippen LogP contribution is -2.39. The predicted molar refractivity (Wildman–Crippen MR) is 91.3 cm³/mol. The van der Waals surface area contributed by atoms with Crippen LogP contribution in [-0.2, 0) is 11.3 Å². The van der Waals surface area contributed by atoms with Crippen LogP contribution < -0.4 is 10.6 Å². The summed E-state index contributed by atoms with van der Waals surface area (Å²) in [6, 6.07) is 2.11. The molecule has 0 bridgehead atoms. The molecular formula is C16H31N5O. The predicted octanol–water partition coefficient (Wildman–Crippen LogP) is 1.73. The molecule has 0 fully saturated rings. The molecule has 0 aliphatic carbocycles. The van der Waals surface area contributed by atoms with E-state index in [9.17, 15) is 0 Å². The maximum Gasteiger partial charge on any atom is 0.191 e. The fourth-order valence-electron chi connectivity index (χ4n) is 2.19. The van der Waals surface area contributed by atoms with E-state index in [1.807, 2.05) is 13.8 Å². The molecule has 1 aromatic heterocycles. The number of aromatic nitrogens is 2. The molecule has 1 heterocycles. The lowest BCUT2D eigenvalue weighted by atomic mass is 10.2. The zero-order valence-electron chi connectivity index (χ0n) is 14.6. The molecule has 0 aliphatic rings. The van der Waals surface area contributed by atoms with Crippen molar-refractivity contribution in [3.05, 3.63) is 17.5 Å². The Hall–Kier alpha value is -1.56. The number of hydrogen-bond donors (Lipinski definition) is 2. The average Bonchev–Trinajstić information content (AvgIpc) is 2.78. The highest BCUT2D eigenvalue weighted by molar-refractivity contribution is 5.79. The van der Waals surface area contributed by atoms with Gasteiger partial charge in [-0.15, -0.1) is 0 Å². The Morgan fingerprint density at radius 3 is 2.73 bits per heavy atom. The molecule has 0 amide bonds. The first-order valence-electron chi connectivity index (χ1n) is 8.17. The Morgan fingerprint density at radius 2 is 2.14 bits per heavy atom. The lowest BCUT2D eigenvalue weighted by molar-refractivity contribution is 0.152. The molecule has 1 rings (SSSR count). The first kappa shape index (κ1) is 18.5. The van der Waals surface area contributed by atoms with Gasteiger partial charge in [0.2, 0.25) is 0 Å². The third-order valence-electron chi connectivity index (χ3n) is 3.24. The molecule has 1 aromatic rings. The standard InChI is InChI=1S/C16H31N5O/c1-6-17-16(18-8-9-22-7-2)19-11-13(3)12-21-15(5)10-14(4)20-21/h10,13H,6-9,11-12H2,1-5H3,(H2,17,18,19). The summed E-state index contributed by atoms with van der Waals surface area (Å²) in [6.45, 7) is 15.1. The van der Waals surface area contributed by atoms with Crippen molar-refractivity contribution in [2.45, 2.75) is 41.2 Å². The van der Waals surface area contributed by atoms with Crippen molar-refractivity contribution in [3.63, 3.8) is 0 Å². The first-order valence-corrected chi connectivity index (χ1v) is 8.17. The van der Waals surface area contributed by atoms with Crippen LogP contribution in [0.4, 0.5) is 0 Å². The minimum atomic E-state index is 0.431. The van der Waals surface area contributed by atoms with E-state index in [0.717, 1.165) is 44.4 Å². The smallest absolute Gasteiger partial charge is 0.191 e. The van der Waals surface area contributed by atoms with Crippen LogP contribution in [0.3, 0.4) is 0 Å². The summed E-state index contributed by atoms with van der Waals surface area (Å²) in [4.78, 5) is 4.64. The largest absolute Gasteiger partial charge is 0.380 e. The van der Waals surface area contributed by atoms with Crippen molar-refractivity contribution < 1.29 is 4.74 Å². The SMILES string of the molecule is CCNC(=NCC(C)Cn1nc(C)cc1C)NCCOCC. The number of guanidine groups is 1. The molecule has 1 atom stereocenters. The van der Waals surface area contributed by atoms with Gasteiger partial charge in [-0.2, -0.15) is 5.10 Å². The molecule has 0 radical (unpaired) electrons. The number of aryl methyl sites for hydroxylation is 2. The maximum absolute atomic E-state index is 5.33. The zero-order valence-corrected chi connectivity index (χ0v) is 14.6. The molecule has 6 heteroatoms. The number of rotatable bonds is 9. The molecule has 6 nitrogen and oxygen atoms in total. The van der Waals surface area contributed by atoms with E-state index < -0.39 is 0 Å². The quantitative estimate of drug-likeness (QED) is 0.414. The summed E-state index contributed by atoms with van der Waals surface area (Å²) in [5.41, 5.74) is 2.27. The summed E-state index contributed by atoms with van der Waals surface area (Å²) < 4.78 is 7.39. The van der Waals surface area contributed by atoms with Crippen LogP contribution >= 0.6 is 0 Å². The number of nitrogens with one attached hydrogen (secondary N) is 2. The summed E-state index contributed by atoms with van der Waals surface area (Å²) in [6.07, 6.45) is 0. The van der Waals surface area contributed by atoms with Crippen LogP contribution in [0.5, 0.6) is 0 Å². The minimum absolute atomic E-state index is 0.431. The number of aliphatic imine (C=N–C) groups is 1. The topological polar surface area (TPSA) is 63.5 Å². The van der Waals surface area contributed by atoms with Crippen molar-refractivity contribution in [2.75, 3.05) is 32.8 Å². The zero-order chi connectivity index (χ0) is 16.4. The fraction of sp³-hybridized carbons (Fsp3) is 0.750. The number of hydrogen-bond acceptors (Lipinski definition) is 3. The molecule has 0 spiro atoms. The average molecular weight is 309 g/mol. The van der Waals surface area contributed by atoms with E-state index in [2.05, 4.69) is 52.2 Å². The van der Waals surface area contributed by atoms with Crippen LogP contribution in [0.25, 0.3) is 0 Å². The Kier molecular flexibility index (Phi) is 8.58. The van der Waals surface area contributed by atoms with Crippen molar-refractivity contribution in [1.29, 1.82) is 0 Å². The van der Waals surface area contributed by atoms with E-state index in [0.29, 0.717) is 12.5 Å². The monoisotopic (exact) mass is 309 g/mol. The van der Waals surface area contributed by atoms with Gasteiger partial charge in [0.15, 0.2) is 5.96 Å². The van der Waals surface area contributed by atoms with Crippen molar-refractivity contribution in [2.24, 2.45) is 10.9 Å².